The molecule has 0 radical (unpaired) electrons. The molecule has 0 saturated carbocycles. The second-order valence-electron chi connectivity index (χ2n) is 7.71. The minimum absolute atomic E-state index is 0.130. The van der Waals surface area contributed by atoms with Crippen molar-refractivity contribution in [2.75, 3.05) is 16.8 Å². The van der Waals surface area contributed by atoms with Crippen LogP contribution in [-0.4, -0.2) is 32.8 Å². The van der Waals surface area contributed by atoms with Gasteiger partial charge in [0, 0.05) is 30.4 Å². The zero-order valence-electron chi connectivity index (χ0n) is 16.9. The van der Waals surface area contributed by atoms with Crippen molar-refractivity contribution in [1.29, 1.82) is 0 Å². The van der Waals surface area contributed by atoms with Gasteiger partial charge in [-0.25, -0.2) is 15.0 Å². The Hall–Kier alpha value is -3.43. The molecule has 0 unspecified atom stereocenters. The molecular formula is C21H20F3N5O2. The van der Waals surface area contributed by atoms with Crippen molar-refractivity contribution in [1.82, 2.24) is 15.0 Å². The summed E-state index contributed by atoms with van der Waals surface area (Å²) in [7, 11) is 0. The third-order valence-corrected chi connectivity index (χ3v) is 5.22. The van der Waals surface area contributed by atoms with Crippen molar-refractivity contribution in [3.05, 3.63) is 48.4 Å². The quantitative estimate of drug-likeness (QED) is 0.633. The largest absolute Gasteiger partial charge is 0.433 e. The van der Waals surface area contributed by atoms with Crippen molar-refractivity contribution in [3.8, 4) is 11.3 Å². The van der Waals surface area contributed by atoms with Crippen molar-refractivity contribution >= 4 is 23.4 Å². The molecule has 1 aromatic carbocycles. The van der Waals surface area contributed by atoms with E-state index in [-0.39, 0.29) is 11.7 Å². The van der Waals surface area contributed by atoms with Crippen LogP contribution in [0.25, 0.3) is 11.3 Å². The van der Waals surface area contributed by atoms with Crippen molar-refractivity contribution in [2.45, 2.75) is 38.4 Å². The van der Waals surface area contributed by atoms with Gasteiger partial charge < -0.3 is 14.6 Å². The standard InChI is InChI=1S/C21H20F3N5O2/c1-20(2)17(30)7-4-10-29(20)19-26-12-15(31-19)13-5-3-6-14(11-13)27-18-25-9-8-16(28-18)21(22,23)24/h3,5-6,8-9,11-12H,4,7,10H2,1-2H3,(H,25,27,28). The first-order chi connectivity index (χ1) is 14.6. The maximum Gasteiger partial charge on any atom is 0.433 e. The van der Waals surface area contributed by atoms with E-state index in [1.54, 1.807) is 30.5 Å². The summed E-state index contributed by atoms with van der Waals surface area (Å²) in [5, 5.41) is 2.78. The highest BCUT2D eigenvalue weighted by molar-refractivity contribution is 5.91. The monoisotopic (exact) mass is 431 g/mol. The highest BCUT2D eigenvalue weighted by Gasteiger charge is 2.39. The van der Waals surface area contributed by atoms with E-state index in [0.29, 0.717) is 36.0 Å². The summed E-state index contributed by atoms with van der Waals surface area (Å²) in [4.78, 5) is 25.8. The van der Waals surface area contributed by atoms with Gasteiger partial charge in [0.1, 0.15) is 5.69 Å². The fourth-order valence-corrected chi connectivity index (χ4v) is 3.45. The molecule has 1 fully saturated rings. The number of anilines is 3. The average Bonchev–Trinajstić information content (AvgIpc) is 3.20. The highest BCUT2D eigenvalue weighted by Crippen LogP contribution is 2.33. The Labute approximate surface area is 176 Å². The zero-order chi connectivity index (χ0) is 22.2. The Bertz CT molecular complexity index is 1110. The van der Waals surface area contributed by atoms with Crippen molar-refractivity contribution < 1.29 is 22.4 Å². The molecule has 3 heterocycles. The van der Waals surface area contributed by atoms with Gasteiger partial charge in [-0.1, -0.05) is 12.1 Å². The summed E-state index contributed by atoms with van der Waals surface area (Å²) < 4.78 is 44.5. The predicted octanol–water partition coefficient (Wildman–Crippen LogP) is 4.84. The molecule has 162 valence electrons. The number of aromatic nitrogens is 3. The van der Waals surface area contributed by atoms with E-state index < -0.39 is 17.4 Å². The second kappa shape index (κ2) is 7.68. The fourth-order valence-electron chi connectivity index (χ4n) is 3.45. The van der Waals surface area contributed by atoms with Gasteiger partial charge in [-0.15, -0.1) is 0 Å². The normalized spacial score (nSPS) is 16.4. The molecule has 0 atom stereocenters. The molecule has 1 aliphatic rings. The molecule has 1 aliphatic heterocycles. The molecule has 1 saturated heterocycles. The average molecular weight is 431 g/mol. The lowest BCUT2D eigenvalue weighted by atomic mass is 9.89. The van der Waals surface area contributed by atoms with Gasteiger partial charge in [-0.05, 0) is 38.5 Å². The molecule has 2 aromatic heterocycles. The van der Waals surface area contributed by atoms with Crippen molar-refractivity contribution in [2.24, 2.45) is 0 Å². The Morgan fingerprint density at radius 1 is 1.19 bits per heavy atom. The van der Waals surface area contributed by atoms with Crippen LogP contribution in [0.1, 0.15) is 32.4 Å². The maximum absolute atomic E-state index is 12.9. The number of hydrogen-bond acceptors (Lipinski definition) is 7. The van der Waals surface area contributed by atoms with E-state index in [1.165, 1.54) is 0 Å². The number of oxazole rings is 1. The van der Waals surface area contributed by atoms with Crippen LogP contribution in [0.15, 0.2) is 47.1 Å². The summed E-state index contributed by atoms with van der Waals surface area (Å²) in [6.07, 6.45) is -0.684. The first-order valence-electron chi connectivity index (χ1n) is 9.69. The SMILES string of the molecule is CC1(C)C(=O)CCCN1c1ncc(-c2cccc(Nc3nccc(C(F)(F)F)n3)c2)o1. The second-order valence-corrected chi connectivity index (χ2v) is 7.71. The Morgan fingerprint density at radius 3 is 2.77 bits per heavy atom. The summed E-state index contributed by atoms with van der Waals surface area (Å²) in [5.74, 6) is 0.432. The Morgan fingerprint density at radius 2 is 2.00 bits per heavy atom. The van der Waals surface area contributed by atoms with E-state index in [4.69, 9.17) is 4.42 Å². The van der Waals surface area contributed by atoms with E-state index in [9.17, 15) is 18.0 Å². The van der Waals surface area contributed by atoms with Crippen LogP contribution in [0.5, 0.6) is 0 Å². The van der Waals surface area contributed by atoms with Gasteiger partial charge in [-0.3, -0.25) is 4.79 Å². The number of rotatable bonds is 4. The maximum atomic E-state index is 12.9. The topological polar surface area (TPSA) is 84.2 Å². The number of nitrogens with one attached hydrogen (secondary N) is 1. The van der Waals surface area contributed by atoms with Crippen LogP contribution in [0.3, 0.4) is 0 Å². The molecule has 4 rings (SSSR count). The van der Waals surface area contributed by atoms with Crippen LogP contribution < -0.4 is 10.2 Å². The molecule has 10 heteroatoms. The minimum atomic E-state index is -4.55. The Kier molecular flexibility index (Phi) is 5.16. The highest BCUT2D eigenvalue weighted by atomic mass is 19.4. The lowest BCUT2D eigenvalue weighted by molar-refractivity contribution is -0.141. The smallest absolute Gasteiger partial charge is 0.423 e. The lowest BCUT2D eigenvalue weighted by Gasteiger charge is -2.39. The summed E-state index contributed by atoms with van der Waals surface area (Å²) in [6.45, 7) is 4.35. The number of ketones is 1. The summed E-state index contributed by atoms with van der Waals surface area (Å²) in [5.41, 5.74) is -0.579. The number of benzene rings is 1. The molecule has 0 spiro atoms. The first kappa shape index (κ1) is 20.8. The molecule has 7 nitrogen and oxygen atoms in total. The number of hydrogen-bond donors (Lipinski definition) is 1. The molecule has 0 aliphatic carbocycles. The number of Topliss-reactive ketones (excluding diaryl/α,β-unsaturated/α-hetero) is 1. The molecule has 1 N–H and O–H groups in total. The van der Waals surface area contributed by atoms with Gasteiger partial charge in [0.15, 0.2) is 11.5 Å². The van der Waals surface area contributed by atoms with Gasteiger partial charge in [-0.2, -0.15) is 13.2 Å². The van der Waals surface area contributed by atoms with Crippen LogP contribution in [-0.2, 0) is 11.0 Å². The van der Waals surface area contributed by atoms with Gasteiger partial charge in [0.05, 0.1) is 11.7 Å². The molecule has 3 aromatic rings. The fraction of sp³-hybridized carbons (Fsp3) is 0.333. The van der Waals surface area contributed by atoms with Gasteiger partial charge in [0.25, 0.3) is 6.01 Å². The van der Waals surface area contributed by atoms with Gasteiger partial charge >= 0.3 is 6.18 Å². The van der Waals surface area contributed by atoms with Gasteiger partial charge in [0.2, 0.25) is 5.95 Å². The number of nitrogens with zero attached hydrogens (tertiary/aromatic N) is 4. The number of halogens is 3. The minimum Gasteiger partial charge on any atom is -0.423 e. The third-order valence-electron chi connectivity index (χ3n) is 5.22. The number of carbonyl (C=O) groups excluding carboxylic acids is 1. The first-order valence-corrected chi connectivity index (χ1v) is 9.69. The lowest BCUT2D eigenvalue weighted by Crippen LogP contribution is -2.54. The van der Waals surface area contributed by atoms with E-state index in [0.717, 1.165) is 18.7 Å². The van der Waals surface area contributed by atoms with E-state index in [2.05, 4.69) is 20.3 Å². The molecule has 31 heavy (non-hydrogen) atoms. The van der Waals surface area contributed by atoms with Crippen LogP contribution in [0.2, 0.25) is 0 Å². The molecule has 0 bridgehead atoms. The third kappa shape index (κ3) is 4.23. The van der Waals surface area contributed by atoms with Crippen LogP contribution >= 0.6 is 0 Å². The number of carbonyl (C=O) groups is 1. The molecular weight excluding hydrogens is 411 g/mol. The zero-order valence-corrected chi connectivity index (χ0v) is 16.9. The predicted molar refractivity (Wildman–Crippen MR) is 108 cm³/mol. The van der Waals surface area contributed by atoms with E-state index in [1.807, 2.05) is 18.7 Å². The summed E-state index contributed by atoms with van der Waals surface area (Å²) >= 11 is 0. The van der Waals surface area contributed by atoms with E-state index >= 15 is 0 Å². The number of piperidine rings is 1. The van der Waals surface area contributed by atoms with Crippen LogP contribution in [0, 0.1) is 0 Å². The van der Waals surface area contributed by atoms with Crippen LogP contribution in [0.4, 0.5) is 30.8 Å². The Balaban J connectivity index is 1.57. The molecule has 0 amide bonds. The summed E-state index contributed by atoms with van der Waals surface area (Å²) in [6, 6.07) is 8.05. The number of alkyl halides is 3. The van der Waals surface area contributed by atoms with Crippen molar-refractivity contribution in [3.63, 3.8) is 0 Å².